The van der Waals surface area contributed by atoms with E-state index in [2.05, 4.69) is 82.8 Å². The van der Waals surface area contributed by atoms with Crippen LogP contribution in [-0.2, 0) is 17.2 Å². The Labute approximate surface area is 399 Å². The largest absolute Gasteiger partial charge is 0.458 e. The second kappa shape index (κ2) is 16.6. The van der Waals surface area contributed by atoms with Gasteiger partial charge in [-0.1, -0.05) is 164 Å². The molecule has 66 heavy (non-hydrogen) atoms. The van der Waals surface area contributed by atoms with Gasteiger partial charge in [0, 0.05) is 25.8 Å². The van der Waals surface area contributed by atoms with Gasteiger partial charge in [0.1, 0.15) is 17.3 Å². The summed E-state index contributed by atoms with van der Waals surface area (Å²) < 4.78 is 75.0. The molecule has 0 unspecified atom stereocenters. The van der Waals surface area contributed by atoms with Crippen molar-refractivity contribution in [3.63, 3.8) is 0 Å². The lowest BCUT2D eigenvalue weighted by atomic mass is 9.78. The van der Waals surface area contributed by atoms with E-state index in [0.29, 0.717) is 34.1 Å². The van der Waals surface area contributed by atoms with Crippen molar-refractivity contribution < 1.29 is 18.9 Å². The minimum atomic E-state index is -1.56. The molecule has 0 aliphatic rings. The number of ether oxygens (including phenoxy) is 1. The second-order valence-electron chi connectivity index (χ2n) is 19.5. The number of benzene rings is 7. The average molecular weight is 870 g/mol. The van der Waals surface area contributed by atoms with Crippen LogP contribution in [0.2, 0.25) is 0 Å². The molecule has 0 atom stereocenters. The smallest absolute Gasteiger partial charge is 0.269 e. The van der Waals surface area contributed by atoms with Crippen LogP contribution in [0.5, 0.6) is 11.5 Å². The number of nitrogens with zero attached hydrogens (tertiary/aromatic N) is 4. The van der Waals surface area contributed by atoms with Crippen molar-refractivity contribution in [2.75, 3.05) is 0 Å². The normalized spacial score (nSPS) is 13.9. The van der Waals surface area contributed by atoms with Crippen LogP contribution in [-0.4, -0.2) is 14.1 Å². The number of pyridine rings is 1. The standard InChI is InChI=1S/C61H58N4O/c1-40(2)32-42-30-31-62-57(33-42)65-54-26-14-13-23-52(54)53-29-28-49(38-56(53)65)66-48-22-16-21-47(37-48)63-39-64(58-41(3)18-15-27-55(58)63)59-50(43-19-11-10-12-20-43)24-17-25-51(59)44-34-45(60(4,5)6)36-46(35-44)61(7,8)9/h10-31,33-38,40H,32H2,1-9H3/i10D,11D,12D,19D,20D,32D2. The Bertz CT molecular complexity index is 3780. The number of para-hydroxylation sites is 3. The molecule has 5 heteroatoms. The number of hydrogen-bond donors (Lipinski definition) is 0. The molecule has 0 aliphatic carbocycles. The number of aromatic nitrogens is 4. The lowest BCUT2D eigenvalue weighted by Gasteiger charge is -2.27. The highest BCUT2D eigenvalue weighted by molar-refractivity contribution is 6.09. The van der Waals surface area contributed by atoms with E-state index in [-0.39, 0.29) is 34.4 Å². The SMILES string of the molecule is [2H]c1c([2H])c([2H])c(-c2cccc(-c3cc(C(C)(C)C)cc(C(C)(C)C)c3)c2-[n+]2[c-]n(-c3cccc(Oc4ccc5c6ccccc6n(-c6cc(C([2H])([2H])C(C)C)ccn6)c5c4)c3)c3cccc(C)c32)c([2H])c1[2H]. The molecule has 7 aromatic carbocycles. The van der Waals surface area contributed by atoms with E-state index in [0.717, 1.165) is 66.3 Å². The molecule has 0 N–H and O–H groups in total. The molecule has 10 aromatic rings. The van der Waals surface area contributed by atoms with Crippen molar-refractivity contribution in [3.8, 4) is 50.9 Å². The zero-order valence-electron chi connectivity index (χ0n) is 46.1. The summed E-state index contributed by atoms with van der Waals surface area (Å²) >= 11 is 0. The number of rotatable bonds is 9. The Morgan fingerprint density at radius 1 is 0.667 bits per heavy atom. The molecule has 3 heterocycles. The molecule has 0 spiro atoms. The molecule has 328 valence electrons. The fraction of sp³-hybridized carbons (Fsp3) is 0.213. The van der Waals surface area contributed by atoms with E-state index in [4.69, 9.17) is 16.6 Å². The highest BCUT2D eigenvalue weighted by atomic mass is 16.5. The van der Waals surface area contributed by atoms with Crippen LogP contribution in [0.4, 0.5) is 0 Å². The molecule has 5 nitrogen and oxygen atoms in total. The predicted octanol–water partition coefficient (Wildman–Crippen LogP) is 15.4. The zero-order chi connectivity index (χ0) is 52.1. The molecule has 0 radical (unpaired) electrons. The van der Waals surface area contributed by atoms with Gasteiger partial charge in [-0.3, -0.25) is 13.7 Å². The van der Waals surface area contributed by atoms with E-state index in [1.807, 2.05) is 127 Å². The summed E-state index contributed by atoms with van der Waals surface area (Å²) in [7, 11) is 0. The maximum absolute atomic E-state index is 9.24. The number of fused-ring (bicyclic) bond motifs is 4. The van der Waals surface area contributed by atoms with Gasteiger partial charge in [0.2, 0.25) is 0 Å². The third kappa shape index (κ3) is 7.97. The molecule has 0 bridgehead atoms. The fourth-order valence-corrected chi connectivity index (χ4v) is 8.98. The van der Waals surface area contributed by atoms with Crippen molar-refractivity contribution >= 4 is 32.8 Å². The van der Waals surface area contributed by atoms with E-state index in [9.17, 15) is 2.74 Å². The monoisotopic (exact) mass is 870 g/mol. The third-order valence-electron chi connectivity index (χ3n) is 12.3. The average Bonchev–Trinajstić information content (AvgIpc) is 3.91. The van der Waals surface area contributed by atoms with E-state index in [1.54, 1.807) is 12.3 Å². The highest BCUT2D eigenvalue weighted by Crippen LogP contribution is 2.40. The molecule has 0 aliphatic heterocycles. The zero-order valence-corrected chi connectivity index (χ0v) is 39.1. The van der Waals surface area contributed by atoms with Gasteiger partial charge in [-0.15, -0.1) is 0 Å². The Balaban J connectivity index is 1.15. The topological polar surface area (TPSA) is 35.9 Å². The summed E-state index contributed by atoms with van der Waals surface area (Å²) in [6.07, 6.45) is 3.84. The molecule has 3 aromatic heterocycles. The van der Waals surface area contributed by atoms with Crippen molar-refractivity contribution in [1.82, 2.24) is 14.1 Å². The van der Waals surface area contributed by atoms with Crippen molar-refractivity contribution in [1.29, 1.82) is 0 Å². The van der Waals surface area contributed by atoms with Crippen LogP contribution in [0.3, 0.4) is 0 Å². The Hall–Kier alpha value is -7.24. The number of imidazole rings is 1. The van der Waals surface area contributed by atoms with Crippen LogP contribution in [0, 0.1) is 19.2 Å². The van der Waals surface area contributed by atoms with E-state index >= 15 is 0 Å². The van der Waals surface area contributed by atoms with Gasteiger partial charge in [-0.25, -0.2) is 4.98 Å². The lowest BCUT2D eigenvalue weighted by molar-refractivity contribution is -0.571. The molecule has 0 amide bonds. The number of aryl methyl sites for hydroxylation is 1. The Morgan fingerprint density at radius 2 is 1.33 bits per heavy atom. The first-order valence-electron chi connectivity index (χ1n) is 26.2. The van der Waals surface area contributed by atoms with Crippen LogP contribution >= 0.6 is 0 Å². The lowest BCUT2D eigenvalue weighted by Crippen LogP contribution is -2.32. The quantitative estimate of drug-likeness (QED) is 0.107. The van der Waals surface area contributed by atoms with Gasteiger partial charge >= 0.3 is 0 Å². The van der Waals surface area contributed by atoms with Crippen LogP contribution < -0.4 is 9.30 Å². The van der Waals surface area contributed by atoms with Gasteiger partial charge in [0.15, 0.2) is 0 Å². The molecule has 0 saturated heterocycles. The van der Waals surface area contributed by atoms with Crippen LogP contribution in [0.25, 0.3) is 72.3 Å². The first-order chi connectivity index (χ1) is 34.5. The van der Waals surface area contributed by atoms with Crippen LogP contribution in [0.15, 0.2) is 170 Å². The molecular weight excluding hydrogens is 805 g/mol. The van der Waals surface area contributed by atoms with Crippen molar-refractivity contribution in [3.05, 3.63) is 198 Å². The molecule has 0 saturated carbocycles. The summed E-state index contributed by atoms with van der Waals surface area (Å²) in [5.74, 6) is 1.54. The Morgan fingerprint density at radius 3 is 2.08 bits per heavy atom. The third-order valence-corrected chi connectivity index (χ3v) is 12.3. The van der Waals surface area contributed by atoms with Gasteiger partial charge in [0.25, 0.3) is 6.33 Å². The fourth-order valence-electron chi connectivity index (χ4n) is 8.98. The van der Waals surface area contributed by atoms with E-state index < -0.39 is 24.5 Å². The van der Waals surface area contributed by atoms with Crippen molar-refractivity contribution in [2.45, 2.75) is 79.5 Å². The summed E-state index contributed by atoms with van der Waals surface area (Å²) in [6.45, 7) is 19.0. The minimum absolute atomic E-state index is 0.104. The minimum Gasteiger partial charge on any atom is -0.458 e. The van der Waals surface area contributed by atoms with Gasteiger partial charge in [-0.2, -0.15) is 0 Å². The first kappa shape index (κ1) is 35.1. The van der Waals surface area contributed by atoms with Gasteiger partial charge < -0.3 is 4.74 Å². The Kier molecular flexibility index (Phi) is 8.84. The molecular formula is C61H58N4O. The summed E-state index contributed by atoms with van der Waals surface area (Å²) in [5.41, 5.74) is 10.6. The summed E-state index contributed by atoms with van der Waals surface area (Å²) in [4.78, 5) is 4.76. The second-order valence-corrected chi connectivity index (χ2v) is 19.5. The summed E-state index contributed by atoms with van der Waals surface area (Å²) in [6, 6.07) is 42.3. The predicted molar refractivity (Wildman–Crippen MR) is 274 cm³/mol. The maximum atomic E-state index is 9.24. The highest BCUT2D eigenvalue weighted by Gasteiger charge is 2.25. The maximum Gasteiger partial charge on any atom is 0.269 e. The van der Waals surface area contributed by atoms with Crippen molar-refractivity contribution in [2.24, 2.45) is 5.92 Å². The molecule has 10 rings (SSSR count). The van der Waals surface area contributed by atoms with Gasteiger partial charge in [-0.05, 0) is 123 Å². The van der Waals surface area contributed by atoms with Gasteiger partial charge in [0.05, 0.1) is 40.3 Å². The summed E-state index contributed by atoms with van der Waals surface area (Å²) in [5, 5.41) is 2.05. The molecule has 0 fully saturated rings. The first-order valence-corrected chi connectivity index (χ1v) is 22.7. The number of hydrogen-bond acceptors (Lipinski definition) is 2. The van der Waals surface area contributed by atoms with E-state index in [1.165, 1.54) is 0 Å². The van der Waals surface area contributed by atoms with Crippen LogP contribution in [0.1, 0.15) is 87.2 Å².